The predicted octanol–water partition coefficient (Wildman–Crippen LogP) is 1.39. The third kappa shape index (κ3) is 7.82. The number of aliphatic hydroxyl groups is 1. The van der Waals surface area contributed by atoms with Crippen LogP contribution in [-0.2, 0) is 0 Å². The van der Waals surface area contributed by atoms with Crippen LogP contribution in [0, 0.1) is 5.92 Å². The van der Waals surface area contributed by atoms with Crippen molar-refractivity contribution in [3.05, 3.63) is 0 Å². The Kier molecular flexibility index (Phi) is 6.57. The van der Waals surface area contributed by atoms with Crippen molar-refractivity contribution in [2.45, 2.75) is 39.7 Å². The van der Waals surface area contributed by atoms with Gasteiger partial charge in [0.15, 0.2) is 0 Å². The topological polar surface area (TPSA) is 32.3 Å². The summed E-state index contributed by atoms with van der Waals surface area (Å²) in [6.45, 7) is 7.95. The van der Waals surface area contributed by atoms with E-state index in [-0.39, 0.29) is 0 Å². The molecule has 11 heavy (non-hydrogen) atoms. The molecule has 0 aliphatic heterocycles. The van der Waals surface area contributed by atoms with Gasteiger partial charge in [-0.25, -0.2) is 0 Å². The van der Waals surface area contributed by atoms with Gasteiger partial charge in [-0.1, -0.05) is 13.8 Å². The van der Waals surface area contributed by atoms with Crippen molar-refractivity contribution in [1.29, 1.82) is 0 Å². The second kappa shape index (κ2) is 6.62. The van der Waals surface area contributed by atoms with E-state index in [1.165, 1.54) is 0 Å². The summed E-state index contributed by atoms with van der Waals surface area (Å²) in [6.07, 6.45) is 1.98. The van der Waals surface area contributed by atoms with Crippen molar-refractivity contribution in [3.8, 4) is 0 Å². The van der Waals surface area contributed by atoms with Gasteiger partial charge in [-0.3, -0.25) is 0 Å². The molecular weight excluding hydrogens is 138 g/mol. The largest absolute Gasteiger partial charge is 0.396 e. The Hall–Kier alpha value is -0.0800. The summed E-state index contributed by atoms with van der Waals surface area (Å²) in [5.74, 6) is 0.714. The Labute approximate surface area is 70.0 Å². The van der Waals surface area contributed by atoms with Crippen molar-refractivity contribution >= 4 is 0 Å². The van der Waals surface area contributed by atoms with Crippen molar-refractivity contribution in [2.75, 3.05) is 13.2 Å². The van der Waals surface area contributed by atoms with Gasteiger partial charge in [-0.2, -0.15) is 0 Å². The Bertz CT molecular complexity index is 83.6. The zero-order chi connectivity index (χ0) is 8.69. The lowest BCUT2D eigenvalue weighted by Gasteiger charge is -2.14. The Morgan fingerprint density at radius 1 is 1.27 bits per heavy atom. The molecular formula is C9H21NO. The lowest BCUT2D eigenvalue weighted by Crippen LogP contribution is -2.29. The van der Waals surface area contributed by atoms with Gasteiger partial charge in [-0.15, -0.1) is 0 Å². The molecule has 1 unspecified atom stereocenters. The standard InChI is InChI=1S/C9H21NO/c1-8(2)7-10-9(3)5-4-6-11/h8-11H,4-7H2,1-3H3. The smallest absolute Gasteiger partial charge is 0.0431 e. The van der Waals surface area contributed by atoms with E-state index in [2.05, 4.69) is 26.1 Å². The van der Waals surface area contributed by atoms with Crippen LogP contribution in [0.25, 0.3) is 0 Å². The summed E-state index contributed by atoms with van der Waals surface area (Å²) in [4.78, 5) is 0. The minimum atomic E-state index is 0.313. The van der Waals surface area contributed by atoms with E-state index in [1.807, 2.05) is 0 Å². The highest BCUT2D eigenvalue weighted by Crippen LogP contribution is 1.96. The number of hydrogen-bond donors (Lipinski definition) is 2. The van der Waals surface area contributed by atoms with Gasteiger partial charge >= 0.3 is 0 Å². The molecule has 2 heteroatoms. The van der Waals surface area contributed by atoms with E-state index in [1.54, 1.807) is 0 Å². The summed E-state index contributed by atoms with van der Waals surface area (Å²) >= 11 is 0. The van der Waals surface area contributed by atoms with E-state index in [0.717, 1.165) is 19.4 Å². The molecule has 2 N–H and O–H groups in total. The van der Waals surface area contributed by atoms with Gasteiger partial charge in [0.1, 0.15) is 0 Å². The zero-order valence-corrected chi connectivity index (χ0v) is 7.93. The average Bonchev–Trinajstić information content (AvgIpc) is 1.97. The molecule has 0 aromatic carbocycles. The molecule has 0 radical (unpaired) electrons. The SMILES string of the molecule is CC(C)CNC(C)CCCO. The molecule has 0 aromatic heterocycles. The summed E-state index contributed by atoms with van der Waals surface area (Å²) in [7, 11) is 0. The third-order valence-electron chi connectivity index (χ3n) is 1.67. The van der Waals surface area contributed by atoms with Crippen molar-refractivity contribution in [2.24, 2.45) is 5.92 Å². The zero-order valence-electron chi connectivity index (χ0n) is 7.93. The molecule has 0 aromatic rings. The molecule has 0 saturated carbocycles. The third-order valence-corrected chi connectivity index (χ3v) is 1.67. The fourth-order valence-corrected chi connectivity index (χ4v) is 0.936. The molecule has 0 heterocycles. The number of aliphatic hydroxyl groups excluding tert-OH is 1. The number of rotatable bonds is 6. The van der Waals surface area contributed by atoms with Crippen LogP contribution >= 0.6 is 0 Å². The van der Waals surface area contributed by atoms with Crippen LogP contribution in [0.5, 0.6) is 0 Å². The maximum atomic E-state index is 8.56. The summed E-state index contributed by atoms with van der Waals surface area (Å²) in [5.41, 5.74) is 0. The molecule has 0 rings (SSSR count). The van der Waals surface area contributed by atoms with Gasteiger partial charge in [0, 0.05) is 12.6 Å². The van der Waals surface area contributed by atoms with Crippen molar-refractivity contribution < 1.29 is 5.11 Å². The maximum Gasteiger partial charge on any atom is 0.0431 e. The van der Waals surface area contributed by atoms with E-state index in [0.29, 0.717) is 18.6 Å². The molecule has 0 aliphatic carbocycles. The van der Waals surface area contributed by atoms with Gasteiger partial charge in [0.05, 0.1) is 0 Å². The van der Waals surface area contributed by atoms with Crippen LogP contribution in [0.4, 0.5) is 0 Å². The van der Waals surface area contributed by atoms with E-state index in [4.69, 9.17) is 5.11 Å². The molecule has 2 nitrogen and oxygen atoms in total. The second-order valence-electron chi connectivity index (χ2n) is 3.57. The highest BCUT2D eigenvalue weighted by molar-refractivity contribution is 4.61. The van der Waals surface area contributed by atoms with E-state index < -0.39 is 0 Å². The molecule has 0 bridgehead atoms. The highest BCUT2D eigenvalue weighted by atomic mass is 16.2. The first-order chi connectivity index (χ1) is 5.16. The molecule has 0 saturated heterocycles. The lowest BCUT2D eigenvalue weighted by atomic mass is 10.1. The average molecular weight is 159 g/mol. The quantitative estimate of drug-likeness (QED) is 0.614. The van der Waals surface area contributed by atoms with Crippen LogP contribution < -0.4 is 5.32 Å². The first-order valence-corrected chi connectivity index (χ1v) is 4.51. The van der Waals surface area contributed by atoms with Gasteiger partial charge in [-0.05, 0) is 32.2 Å². The maximum absolute atomic E-state index is 8.56. The fourth-order valence-electron chi connectivity index (χ4n) is 0.936. The first-order valence-electron chi connectivity index (χ1n) is 4.51. The van der Waals surface area contributed by atoms with Crippen LogP contribution in [0.3, 0.4) is 0 Å². The van der Waals surface area contributed by atoms with Crippen LogP contribution in [-0.4, -0.2) is 24.3 Å². The fraction of sp³-hybridized carbons (Fsp3) is 1.00. The van der Waals surface area contributed by atoms with Crippen molar-refractivity contribution in [3.63, 3.8) is 0 Å². The van der Waals surface area contributed by atoms with Crippen LogP contribution in [0.1, 0.15) is 33.6 Å². The number of hydrogen-bond acceptors (Lipinski definition) is 2. The van der Waals surface area contributed by atoms with Crippen molar-refractivity contribution in [1.82, 2.24) is 5.32 Å². The Balaban J connectivity index is 3.15. The predicted molar refractivity (Wildman–Crippen MR) is 48.6 cm³/mol. The Morgan fingerprint density at radius 2 is 1.91 bits per heavy atom. The molecule has 0 amide bonds. The minimum Gasteiger partial charge on any atom is -0.396 e. The lowest BCUT2D eigenvalue weighted by molar-refractivity contribution is 0.275. The molecule has 0 spiro atoms. The Morgan fingerprint density at radius 3 is 2.36 bits per heavy atom. The van der Waals surface area contributed by atoms with E-state index in [9.17, 15) is 0 Å². The summed E-state index contributed by atoms with van der Waals surface area (Å²) in [5, 5.41) is 12.0. The van der Waals surface area contributed by atoms with Crippen LogP contribution in [0.15, 0.2) is 0 Å². The number of nitrogens with one attached hydrogen (secondary N) is 1. The second-order valence-corrected chi connectivity index (χ2v) is 3.57. The molecule has 0 aliphatic rings. The first kappa shape index (κ1) is 10.9. The molecule has 1 atom stereocenters. The molecule has 68 valence electrons. The van der Waals surface area contributed by atoms with E-state index >= 15 is 0 Å². The monoisotopic (exact) mass is 159 g/mol. The van der Waals surface area contributed by atoms with Gasteiger partial charge in [0.25, 0.3) is 0 Å². The minimum absolute atomic E-state index is 0.313. The highest BCUT2D eigenvalue weighted by Gasteiger charge is 2.00. The van der Waals surface area contributed by atoms with Crippen LogP contribution in [0.2, 0.25) is 0 Å². The normalized spacial score (nSPS) is 13.9. The molecule has 0 fully saturated rings. The van der Waals surface area contributed by atoms with Gasteiger partial charge in [0.2, 0.25) is 0 Å². The summed E-state index contributed by atoms with van der Waals surface area (Å²) < 4.78 is 0. The van der Waals surface area contributed by atoms with Gasteiger partial charge < -0.3 is 10.4 Å². The summed E-state index contributed by atoms with van der Waals surface area (Å²) in [6, 6.07) is 0.546.